The number of ether oxygens (including phenoxy) is 2. The lowest BCUT2D eigenvalue weighted by Gasteiger charge is -2.11. The molecular formula is C20H18N2O5. The molecule has 7 nitrogen and oxygen atoms in total. The van der Waals surface area contributed by atoms with Crippen molar-refractivity contribution in [2.75, 3.05) is 7.11 Å². The average molecular weight is 366 g/mol. The van der Waals surface area contributed by atoms with Crippen LogP contribution in [0, 0.1) is 24.0 Å². The summed E-state index contributed by atoms with van der Waals surface area (Å²) in [5.41, 5.74) is 3.15. The Morgan fingerprint density at radius 2 is 1.93 bits per heavy atom. The van der Waals surface area contributed by atoms with E-state index in [4.69, 9.17) is 9.47 Å². The second-order valence-corrected chi connectivity index (χ2v) is 6.16. The molecule has 0 aliphatic heterocycles. The number of pyridine rings is 1. The number of fused-ring (bicyclic) bond motifs is 1. The van der Waals surface area contributed by atoms with Gasteiger partial charge in [-0.25, -0.2) is 4.79 Å². The van der Waals surface area contributed by atoms with Gasteiger partial charge in [-0.3, -0.25) is 15.1 Å². The second-order valence-electron chi connectivity index (χ2n) is 6.16. The first-order valence-electron chi connectivity index (χ1n) is 8.25. The monoisotopic (exact) mass is 366 g/mol. The Balaban J connectivity index is 1.91. The molecule has 3 rings (SSSR count). The van der Waals surface area contributed by atoms with Crippen molar-refractivity contribution in [3.05, 3.63) is 75.0 Å². The Morgan fingerprint density at radius 1 is 1.15 bits per heavy atom. The zero-order valence-electron chi connectivity index (χ0n) is 15.2. The van der Waals surface area contributed by atoms with Crippen LogP contribution in [0.25, 0.3) is 10.9 Å². The van der Waals surface area contributed by atoms with Crippen molar-refractivity contribution in [3.63, 3.8) is 0 Å². The summed E-state index contributed by atoms with van der Waals surface area (Å²) in [6.07, 6.45) is 0. The van der Waals surface area contributed by atoms with Gasteiger partial charge in [-0.1, -0.05) is 11.6 Å². The molecule has 2 aromatic carbocycles. The Kier molecular flexibility index (Phi) is 5.03. The van der Waals surface area contributed by atoms with E-state index in [2.05, 4.69) is 4.98 Å². The van der Waals surface area contributed by atoms with Crippen molar-refractivity contribution in [1.82, 2.24) is 4.98 Å². The zero-order chi connectivity index (χ0) is 19.6. The number of nitro groups is 1. The van der Waals surface area contributed by atoms with Crippen molar-refractivity contribution in [2.24, 2.45) is 0 Å². The van der Waals surface area contributed by atoms with Gasteiger partial charge in [0.1, 0.15) is 12.4 Å². The molecule has 0 N–H and O–H groups in total. The number of nitro benzene ring substituents is 1. The maximum absolute atomic E-state index is 12.7. The summed E-state index contributed by atoms with van der Waals surface area (Å²) in [5.74, 6) is -0.107. The third-order valence-electron chi connectivity index (χ3n) is 4.15. The molecule has 0 saturated heterocycles. The summed E-state index contributed by atoms with van der Waals surface area (Å²) in [4.78, 5) is 27.6. The predicted octanol–water partition coefficient (Wildman–Crippen LogP) is 4.13. The molecule has 3 aromatic rings. The lowest BCUT2D eigenvalue weighted by molar-refractivity contribution is -0.385. The van der Waals surface area contributed by atoms with Gasteiger partial charge < -0.3 is 9.47 Å². The number of methoxy groups -OCH3 is 1. The molecule has 7 heteroatoms. The summed E-state index contributed by atoms with van der Waals surface area (Å²) in [5, 5.41) is 11.7. The Morgan fingerprint density at radius 3 is 2.63 bits per heavy atom. The second kappa shape index (κ2) is 7.41. The molecule has 0 atom stereocenters. The van der Waals surface area contributed by atoms with Crippen LogP contribution in [0.3, 0.4) is 0 Å². The molecule has 0 unspecified atom stereocenters. The maximum atomic E-state index is 12.7. The SMILES string of the molecule is COc1ccc([N+](=O)[O-])cc1COC(=O)c1cc(C)nc2ccc(C)cc12. The topological polar surface area (TPSA) is 91.6 Å². The zero-order valence-corrected chi connectivity index (χ0v) is 15.2. The number of hydrogen-bond acceptors (Lipinski definition) is 6. The van der Waals surface area contributed by atoms with Crippen LogP contribution in [0.5, 0.6) is 5.75 Å². The Labute approximate surface area is 155 Å². The molecule has 0 radical (unpaired) electrons. The number of nitrogens with zero attached hydrogens (tertiary/aromatic N) is 2. The van der Waals surface area contributed by atoms with E-state index in [1.165, 1.54) is 25.3 Å². The number of benzene rings is 2. The lowest BCUT2D eigenvalue weighted by Crippen LogP contribution is -2.08. The van der Waals surface area contributed by atoms with E-state index in [-0.39, 0.29) is 12.3 Å². The quantitative estimate of drug-likeness (QED) is 0.383. The highest BCUT2D eigenvalue weighted by molar-refractivity contribution is 6.03. The number of carbonyl (C=O) groups excluding carboxylic acids is 1. The van der Waals surface area contributed by atoms with Gasteiger partial charge in [0, 0.05) is 28.8 Å². The van der Waals surface area contributed by atoms with Gasteiger partial charge in [0.15, 0.2) is 0 Å². The highest BCUT2D eigenvalue weighted by Crippen LogP contribution is 2.26. The first-order valence-corrected chi connectivity index (χ1v) is 8.25. The van der Waals surface area contributed by atoms with Gasteiger partial charge in [-0.2, -0.15) is 0 Å². The van der Waals surface area contributed by atoms with E-state index in [1.807, 2.05) is 25.1 Å². The van der Waals surface area contributed by atoms with Crippen LogP contribution in [-0.4, -0.2) is 23.0 Å². The first-order chi connectivity index (χ1) is 12.9. The van der Waals surface area contributed by atoms with Crippen LogP contribution < -0.4 is 4.74 Å². The number of aryl methyl sites for hydroxylation is 2. The van der Waals surface area contributed by atoms with Crippen LogP contribution >= 0.6 is 0 Å². The molecule has 138 valence electrons. The summed E-state index contributed by atoms with van der Waals surface area (Å²) in [6, 6.07) is 11.5. The van der Waals surface area contributed by atoms with E-state index >= 15 is 0 Å². The normalized spacial score (nSPS) is 10.6. The van der Waals surface area contributed by atoms with Crippen LogP contribution in [0.15, 0.2) is 42.5 Å². The van der Waals surface area contributed by atoms with Crippen molar-refractivity contribution in [1.29, 1.82) is 0 Å². The van der Waals surface area contributed by atoms with E-state index in [0.29, 0.717) is 33.5 Å². The van der Waals surface area contributed by atoms with Crippen molar-refractivity contribution in [3.8, 4) is 5.75 Å². The highest BCUT2D eigenvalue weighted by atomic mass is 16.6. The average Bonchev–Trinajstić information content (AvgIpc) is 2.65. The van der Waals surface area contributed by atoms with Crippen molar-refractivity contribution < 1.29 is 19.2 Å². The first kappa shape index (κ1) is 18.3. The minimum Gasteiger partial charge on any atom is -0.496 e. The minimum absolute atomic E-state index is 0.0947. The molecule has 0 bridgehead atoms. The molecule has 1 aromatic heterocycles. The third-order valence-corrected chi connectivity index (χ3v) is 4.15. The fourth-order valence-corrected chi connectivity index (χ4v) is 2.85. The minimum atomic E-state index is -0.523. The van der Waals surface area contributed by atoms with Crippen LogP contribution in [-0.2, 0) is 11.3 Å². The predicted molar refractivity (Wildman–Crippen MR) is 100.0 cm³/mol. The molecule has 0 saturated carbocycles. The summed E-state index contributed by atoms with van der Waals surface area (Å²) in [7, 11) is 1.45. The van der Waals surface area contributed by atoms with Gasteiger partial charge in [-0.15, -0.1) is 0 Å². The molecule has 0 aliphatic rings. The number of esters is 1. The van der Waals surface area contributed by atoms with Gasteiger partial charge in [0.05, 0.1) is 23.1 Å². The van der Waals surface area contributed by atoms with E-state index < -0.39 is 10.9 Å². The Hall–Kier alpha value is -3.48. The number of hydrogen-bond donors (Lipinski definition) is 0. The number of rotatable bonds is 5. The van der Waals surface area contributed by atoms with Crippen LogP contribution in [0.1, 0.15) is 27.2 Å². The van der Waals surface area contributed by atoms with Crippen LogP contribution in [0.4, 0.5) is 5.69 Å². The smallest absolute Gasteiger partial charge is 0.339 e. The summed E-state index contributed by atoms with van der Waals surface area (Å²) < 4.78 is 10.6. The van der Waals surface area contributed by atoms with Gasteiger partial charge in [0.2, 0.25) is 0 Å². The van der Waals surface area contributed by atoms with Gasteiger partial charge in [-0.05, 0) is 38.1 Å². The van der Waals surface area contributed by atoms with E-state index in [0.717, 1.165) is 5.56 Å². The fraction of sp³-hybridized carbons (Fsp3) is 0.200. The summed E-state index contributed by atoms with van der Waals surface area (Å²) >= 11 is 0. The fourth-order valence-electron chi connectivity index (χ4n) is 2.85. The number of aromatic nitrogens is 1. The molecule has 27 heavy (non-hydrogen) atoms. The Bertz CT molecular complexity index is 1050. The van der Waals surface area contributed by atoms with E-state index in [1.54, 1.807) is 13.0 Å². The summed E-state index contributed by atoms with van der Waals surface area (Å²) in [6.45, 7) is 3.60. The molecule has 0 aliphatic carbocycles. The molecule has 1 heterocycles. The molecule has 0 fully saturated rings. The largest absolute Gasteiger partial charge is 0.496 e. The van der Waals surface area contributed by atoms with Crippen molar-refractivity contribution in [2.45, 2.75) is 20.5 Å². The van der Waals surface area contributed by atoms with Gasteiger partial charge >= 0.3 is 5.97 Å². The van der Waals surface area contributed by atoms with Crippen LogP contribution in [0.2, 0.25) is 0 Å². The van der Waals surface area contributed by atoms with Crippen molar-refractivity contribution >= 4 is 22.6 Å². The highest BCUT2D eigenvalue weighted by Gasteiger charge is 2.17. The van der Waals surface area contributed by atoms with Gasteiger partial charge in [0.25, 0.3) is 5.69 Å². The lowest BCUT2D eigenvalue weighted by atomic mass is 10.1. The maximum Gasteiger partial charge on any atom is 0.339 e. The third kappa shape index (κ3) is 3.87. The van der Waals surface area contributed by atoms with E-state index in [9.17, 15) is 14.9 Å². The number of carbonyl (C=O) groups is 1. The molecule has 0 spiro atoms. The molecular weight excluding hydrogens is 348 g/mol. The molecule has 0 amide bonds. The number of non-ortho nitro benzene ring substituents is 1. The standard InChI is InChI=1S/C20H18N2O5/c1-12-4-6-18-16(8-12)17(9-13(2)21-18)20(23)27-11-14-10-15(22(24)25)5-7-19(14)26-3/h4-10H,11H2,1-3H3.